The van der Waals surface area contributed by atoms with Crippen LogP contribution in [0.15, 0.2) is 28.8 Å². The summed E-state index contributed by atoms with van der Waals surface area (Å²) >= 11 is 0. The van der Waals surface area contributed by atoms with Crippen LogP contribution in [0.5, 0.6) is 5.75 Å². The van der Waals surface area contributed by atoms with E-state index in [1.165, 1.54) is 0 Å². The fourth-order valence-electron chi connectivity index (χ4n) is 3.76. The average molecular weight is 416 g/mol. The van der Waals surface area contributed by atoms with Gasteiger partial charge in [0, 0.05) is 25.2 Å². The van der Waals surface area contributed by atoms with Crippen LogP contribution in [0.3, 0.4) is 0 Å². The topological polar surface area (TPSA) is 83.7 Å². The Labute approximate surface area is 178 Å². The van der Waals surface area contributed by atoms with Crippen molar-refractivity contribution in [3.63, 3.8) is 0 Å². The molecule has 1 atom stereocenters. The Balaban J connectivity index is 1.52. The minimum atomic E-state index is -0.0523. The van der Waals surface area contributed by atoms with Crippen molar-refractivity contribution in [2.24, 2.45) is 5.92 Å². The highest BCUT2D eigenvalue weighted by Gasteiger charge is 2.28. The third-order valence-corrected chi connectivity index (χ3v) is 5.67. The summed E-state index contributed by atoms with van der Waals surface area (Å²) in [4.78, 5) is 21.5. The predicted octanol–water partition coefficient (Wildman–Crippen LogP) is 2.81. The summed E-state index contributed by atoms with van der Waals surface area (Å²) in [6.45, 7) is 9.57. The number of benzene rings is 1. The van der Waals surface area contributed by atoms with Gasteiger partial charge in [0.25, 0.3) is 0 Å². The van der Waals surface area contributed by atoms with Crippen molar-refractivity contribution in [3.8, 4) is 17.1 Å². The zero-order valence-corrected chi connectivity index (χ0v) is 18.3. The fourth-order valence-corrected chi connectivity index (χ4v) is 3.76. The summed E-state index contributed by atoms with van der Waals surface area (Å²) in [5.41, 5.74) is 0.866. The molecule has 1 N–H and O–H groups in total. The molecule has 1 aromatic heterocycles. The number of hydrogen-bond donors (Lipinski definition) is 1. The molecule has 0 unspecified atom stereocenters. The molecule has 1 aliphatic rings. The van der Waals surface area contributed by atoms with Crippen LogP contribution in [0.1, 0.15) is 33.1 Å². The van der Waals surface area contributed by atoms with Crippen LogP contribution in [0.25, 0.3) is 11.4 Å². The van der Waals surface area contributed by atoms with Crippen molar-refractivity contribution < 1.29 is 14.1 Å². The Morgan fingerprint density at radius 1 is 1.30 bits per heavy atom. The normalized spacial score (nSPS) is 16.7. The highest BCUT2D eigenvalue weighted by molar-refractivity contribution is 5.79. The maximum Gasteiger partial charge on any atom is 0.324 e. The minimum absolute atomic E-state index is 0.0523. The van der Waals surface area contributed by atoms with Crippen LogP contribution < -0.4 is 15.0 Å². The first kappa shape index (κ1) is 22.1. The van der Waals surface area contributed by atoms with Crippen molar-refractivity contribution in [1.29, 1.82) is 0 Å². The molecule has 0 radical (unpaired) electrons. The number of methoxy groups -OCH3 is 1. The van der Waals surface area contributed by atoms with E-state index in [4.69, 9.17) is 9.26 Å². The van der Waals surface area contributed by atoms with Crippen LogP contribution >= 0.6 is 0 Å². The van der Waals surface area contributed by atoms with Gasteiger partial charge in [0.1, 0.15) is 5.75 Å². The molecule has 0 bridgehead atoms. The fraction of sp³-hybridized carbons (Fsp3) is 0.591. The molecule has 1 aliphatic heterocycles. The lowest BCUT2D eigenvalue weighted by molar-refractivity contribution is -0.125. The number of piperidine rings is 1. The molecule has 164 valence electrons. The van der Waals surface area contributed by atoms with Gasteiger partial charge in [0.05, 0.1) is 13.0 Å². The largest absolute Gasteiger partial charge is 0.497 e. The van der Waals surface area contributed by atoms with E-state index < -0.39 is 0 Å². The van der Waals surface area contributed by atoms with Crippen LogP contribution in [0, 0.1) is 5.92 Å². The van der Waals surface area contributed by atoms with Crippen molar-refractivity contribution in [1.82, 2.24) is 20.4 Å². The van der Waals surface area contributed by atoms with E-state index in [1.807, 2.05) is 29.2 Å². The van der Waals surface area contributed by atoms with Gasteiger partial charge in [0.2, 0.25) is 11.7 Å². The van der Waals surface area contributed by atoms with Crippen molar-refractivity contribution in [2.45, 2.75) is 33.1 Å². The molecule has 1 amide bonds. The van der Waals surface area contributed by atoms with Crippen LogP contribution in [0.4, 0.5) is 6.01 Å². The van der Waals surface area contributed by atoms with Gasteiger partial charge >= 0.3 is 6.01 Å². The minimum Gasteiger partial charge on any atom is -0.497 e. The molecule has 2 aromatic rings. The lowest BCUT2D eigenvalue weighted by Crippen LogP contribution is -2.43. The van der Waals surface area contributed by atoms with Crippen molar-refractivity contribution in [2.75, 3.05) is 51.3 Å². The number of aromatic nitrogens is 2. The molecule has 0 spiro atoms. The van der Waals surface area contributed by atoms with Crippen molar-refractivity contribution in [3.05, 3.63) is 24.3 Å². The average Bonchev–Trinajstić information content (AvgIpc) is 3.29. The Morgan fingerprint density at radius 2 is 2.07 bits per heavy atom. The SMILES string of the molecule is CCN(CC)CCCNC(=O)[C@@H]1CCCN(c2nc(-c3ccc(OC)cc3)no2)C1. The Kier molecular flexibility index (Phi) is 8.07. The maximum atomic E-state index is 12.6. The van der Waals surface area contributed by atoms with Gasteiger partial charge < -0.3 is 24.4 Å². The number of nitrogens with one attached hydrogen (secondary N) is 1. The highest BCUT2D eigenvalue weighted by atomic mass is 16.5. The van der Waals surface area contributed by atoms with E-state index in [0.717, 1.165) is 56.8 Å². The third kappa shape index (κ3) is 5.72. The smallest absolute Gasteiger partial charge is 0.324 e. The molecule has 0 saturated carbocycles. The second-order valence-electron chi connectivity index (χ2n) is 7.59. The number of carbonyl (C=O) groups excluding carboxylic acids is 1. The predicted molar refractivity (Wildman–Crippen MR) is 117 cm³/mol. The van der Waals surface area contributed by atoms with E-state index in [2.05, 4.69) is 34.2 Å². The van der Waals surface area contributed by atoms with Gasteiger partial charge in [0.15, 0.2) is 0 Å². The summed E-state index contributed by atoms with van der Waals surface area (Å²) in [5.74, 6) is 1.39. The summed E-state index contributed by atoms with van der Waals surface area (Å²) < 4.78 is 10.7. The lowest BCUT2D eigenvalue weighted by atomic mass is 9.97. The molecule has 1 aromatic carbocycles. The number of anilines is 1. The van der Waals surface area contributed by atoms with Gasteiger partial charge in [-0.05, 0) is 63.2 Å². The van der Waals surface area contributed by atoms with Crippen LogP contribution in [-0.2, 0) is 4.79 Å². The molecular formula is C22H33N5O3. The van der Waals surface area contributed by atoms with Gasteiger partial charge in [-0.1, -0.05) is 19.0 Å². The van der Waals surface area contributed by atoms with Gasteiger partial charge in [-0.2, -0.15) is 4.98 Å². The van der Waals surface area contributed by atoms with Gasteiger partial charge in [-0.25, -0.2) is 0 Å². The lowest BCUT2D eigenvalue weighted by Gasteiger charge is -2.30. The zero-order valence-electron chi connectivity index (χ0n) is 18.3. The van der Waals surface area contributed by atoms with Crippen LogP contribution in [0.2, 0.25) is 0 Å². The molecule has 1 saturated heterocycles. The highest BCUT2D eigenvalue weighted by Crippen LogP contribution is 2.25. The summed E-state index contributed by atoms with van der Waals surface area (Å²) in [6.07, 6.45) is 2.79. The summed E-state index contributed by atoms with van der Waals surface area (Å²) in [7, 11) is 1.63. The number of nitrogens with zero attached hydrogens (tertiary/aromatic N) is 4. The first-order valence-electron chi connectivity index (χ1n) is 10.9. The second kappa shape index (κ2) is 11.0. The Bertz CT molecular complexity index is 788. The second-order valence-corrected chi connectivity index (χ2v) is 7.59. The van der Waals surface area contributed by atoms with E-state index >= 15 is 0 Å². The van der Waals surface area contributed by atoms with E-state index in [1.54, 1.807) is 7.11 Å². The maximum absolute atomic E-state index is 12.6. The zero-order chi connectivity index (χ0) is 21.3. The number of carbonyl (C=O) groups is 1. The molecular weight excluding hydrogens is 382 g/mol. The monoisotopic (exact) mass is 415 g/mol. The van der Waals surface area contributed by atoms with Crippen molar-refractivity contribution >= 4 is 11.9 Å². The number of ether oxygens (including phenoxy) is 1. The van der Waals surface area contributed by atoms with Crippen LogP contribution in [-0.4, -0.2) is 67.3 Å². The molecule has 3 rings (SSSR count). The molecule has 2 heterocycles. The number of rotatable bonds is 10. The molecule has 30 heavy (non-hydrogen) atoms. The summed E-state index contributed by atoms with van der Waals surface area (Å²) in [5, 5.41) is 7.21. The standard InChI is InChI=1S/C22H33N5O3/c1-4-26(5-2)14-7-13-23-21(28)18-8-6-15-27(16-18)22-24-20(25-30-22)17-9-11-19(29-3)12-10-17/h9-12,18H,4-8,13-16H2,1-3H3,(H,23,28)/t18-/m1/s1. The van der Waals surface area contributed by atoms with E-state index in [-0.39, 0.29) is 11.8 Å². The first-order chi connectivity index (χ1) is 14.6. The molecule has 8 nitrogen and oxygen atoms in total. The third-order valence-electron chi connectivity index (χ3n) is 5.67. The number of amides is 1. The molecule has 1 fully saturated rings. The summed E-state index contributed by atoms with van der Waals surface area (Å²) in [6, 6.07) is 8.01. The number of hydrogen-bond acceptors (Lipinski definition) is 7. The Hall–Kier alpha value is -2.61. The molecule has 0 aliphatic carbocycles. The van der Waals surface area contributed by atoms with E-state index in [0.29, 0.717) is 24.9 Å². The van der Waals surface area contributed by atoms with Gasteiger partial charge in [-0.3, -0.25) is 4.79 Å². The van der Waals surface area contributed by atoms with Gasteiger partial charge in [-0.15, -0.1) is 0 Å². The van der Waals surface area contributed by atoms with E-state index in [9.17, 15) is 4.79 Å². The molecule has 8 heteroatoms. The Morgan fingerprint density at radius 3 is 2.77 bits per heavy atom. The quantitative estimate of drug-likeness (QED) is 0.597. The first-order valence-corrected chi connectivity index (χ1v) is 10.9.